The molecular weight excluding hydrogens is 310 g/mol. The van der Waals surface area contributed by atoms with Crippen molar-refractivity contribution in [2.75, 3.05) is 0 Å². The smallest absolute Gasteiger partial charge is 0.244 e. The topological polar surface area (TPSA) is 29.1 Å². The molecular formula is C14H12BrNOS. The van der Waals surface area contributed by atoms with Gasteiger partial charge in [0, 0.05) is 11.0 Å². The highest BCUT2D eigenvalue weighted by Gasteiger charge is 1.99. The summed E-state index contributed by atoms with van der Waals surface area (Å²) in [4.78, 5) is 12.7. The number of thiophene rings is 1. The van der Waals surface area contributed by atoms with Gasteiger partial charge in [0.2, 0.25) is 5.91 Å². The van der Waals surface area contributed by atoms with Gasteiger partial charge >= 0.3 is 0 Å². The predicted molar refractivity (Wildman–Crippen MR) is 79.3 cm³/mol. The molecule has 0 fully saturated rings. The van der Waals surface area contributed by atoms with Crippen LogP contribution in [0.4, 0.5) is 0 Å². The highest BCUT2D eigenvalue weighted by atomic mass is 79.9. The first-order chi connectivity index (χ1) is 8.74. The lowest BCUT2D eigenvalue weighted by atomic mass is 10.2. The van der Waals surface area contributed by atoms with E-state index in [2.05, 4.69) is 21.2 Å². The summed E-state index contributed by atoms with van der Waals surface area (Å²) in [5.41, 5.74) is 1.02. The van der Waals surface area contributed by atoms with Crippen LogP contribution in [0, 0.1) is 0 Å². The zero-order valence-corrected chi connectivity index (χ0v) is 12.0. The summed E-state index contributed by atoms with van der Waals surface area (Å²) in [7, 11) is 0. The van der Waals surface area contributed by atoms with E-state index >= 15 is 0 Å². The van der Waals surface area contributed by atoms with Crippen molar-refractivity contribution in [3.05, 3.63) is 62.8 Å². The Balaban J connectivity index is 1.84. The molecule has 2 rings (SSSR count). The lowest BCUT2D eigenvalue weighted by Crippen LogP contribution is -2.19. The van der Waals surface area contributed by atoms with Crippen molar-refractivity contribution in [3.8, 4) is 0 Å². The van der Waals surface area contributed by atoms with Crippen LogP contribution in [0.15, 0.2) is 52.3 Å². The van der Waals surface area contributed by atoms with Crippen LogP contribution >= 0.6 is 27.3 Å². The normalized spacial score (nSPS) is 10.7. The summed E-state index contributed by atoms with van der Waals surface area (Å²) in [6, 6.07) is 13.7. The number of hydrogen-bond donors (Lipinski definition) is 1. The molecule has 0 radical (unpaired) electrons. The van der Waals surface area contributed by atoms with E-state index in [0.29, 0.717) is 6.54 Å². The zero-order chi connectivity index (χ0) is 12.8. The Morgan fingerprint density at radius 1 is 1.22 bits per heavy atom. The fourth-order valence-electron chi connectivity index (χ4n) is 1.42. The molecule has 1 N–H and O–H groups in total. The molecule has 92 valence electrons. The molecule has 0 unspecified atom stereocenters. The van der Waals surface area contributed by atoms with Gasteiger partial charge in [-0.2, -0.15) is 0 Å². The van der Waals surface area contributed by atoms with Crippen LogP contribution in [0.1, 0.15) is 10.4 Å². The molecule has 0 aliphatic rings. The fraction of sp³-hybridized carbons (Fsp3) is 0.0714. The lowest BCUT2D eigenvalue weighted by Gasteiger charge is -1.98. The lowest BCUT2D eigenvalue weighted by molar-refractivity contribution is -0.116. The van der Waals surface area contributed by atoms with E-state index in [9.17, 15) is 4.79 Å². The summed E-state index contributed by atoms with van der Waals surface area (Å²) < 4.78 is 1.08. The number of benzene rings is 1. The van der Waals surface area contributed by atoms with Crippen LogP contribution in [0.2, 0.25) is 0 Å². The second-order valence-electron chi connectivity index (χ2n) is 3.67. The number of amides is 1. The van der Waals surface area contributed by atoms with Gasteiger partial charge in [0.1, 0.15) is 0 Å². The van der Waals surface area contributed by atoms with Crippen LogP contribution in [0.5, 0.6) is 0 Å². The number of halogens is 1. The van der Waals surface area contributed by atoms with Crippen LogP contribution in [-0.4, -0.2) is 5.91 Å². The molecule has 0 saturated carbocycles. The van der Waals surface area contributed by atoms with Gasteiger partial charge in [0.05, 0.1) is 10.3 Å². The molecule has 1 aromatic heterocycles. The molecule has 0 aliphatic carbocycles. The Kier molecular flexibility index (Phi) is 4.73. The van der Waals surface area contributed by atoms with Crippen molar-refractivity contribution in [1.82, 2.24) is 5.32 Å². The summed E-state index contributed by atoms with van der Waals surface area (Å²) in [6.07, 6.45) is 3.36. The molecule has 4 heteroatoms. The maximum atomic E-state index is 11.6. The van der Waals surface area contributed by atoms with Crippen molar-refractivity contribution < 1.29 is 4.79 Å². The van der Waals surface area contributed by atoms with Gasteiger partial charge < -0.3 is 5.32 Å². The number of hydrogen-bond acceptors (Lipinski definition) is 2. The van der Waals surface area contributed by atoms with Gasteiger partial charge in [0.15, 0.2) is 0 Å². The van der Waals surface area contributed by atoms with Gasteiger partial charge in [-0.25, -0.2) is 0 Å². The molecule has 18 heavy (non-hydrogen) atoms. The van der Waals surface area contributed by atoms with Crippen LogP contribution in [-0.2, 0) is 11.3 Å². The second kappa shape index (κ2) is 6.52. The third-order valence-electron chi connectivity index (χ3n) is 2.29. The van der Waals surface area contributed by atoms with Crippen molar-refractivity contribution in [1.29, 1.82) is 0 Å². The Bertz CT molecular complexity index is 548. The number of carbonyl (C=O) groups is 1. The van der Waals surface area contributed by atoms with Crippen molar-refractivity contribution in [3.63, 3.8) is 0 Å². The van der Waals surface area contributed by atoms with Crippen molar-refractivity contribution in [2.45, 2.75) is 6.54 Å². The predicted octanol–water partition coefficient (Wildman–Crippen LogP) is 3.84. The highest BCUT2D eigenvalue weighted by Crippen LogP contribution is 2.21. The van der Waals surface area contributed by atoms with Gasteiger partial charge in [0.25, 0.3) is 0 Å². The maximum absolute atomic E-state index is 11.6. The first-order valence-corrected chi connectivity index (χ1v) is 7.10. The van der Waals surface area contributed by atoms with E-state index in [1.165, 1.54) is 0 Å². The summed E-state index contributed by atoms with van der Waals surface area (Å²) >= 11 is 5.01. The average molecular weight is 322 g/mol. The summed E-state index contributed by atoms with van der Waals surface area (Å²) in [5.74, 6) is -0.0802. The van der Waals surface area contributed by atoms with Crippen LogP contribution in [0.25, 0.3) is 6.08 Å². The SMILES string of the molecule is O=C(/C=C/c1ccccc1)NCc1ccc(Br)s1. The molecule has 0 spiro atoms. The van der Waals surface area contributed by atoms with E-state index in [1.54, 1.807) is 23.5 Å². The first-order valence-electron chi connectivity index (χ1n) is 5.49. The van der Waals surface area contributed by atoms with Crippen molar-refractivity contribution in [2.24, 2.45) is 0 Å². The molecule has 2 nitrogen and oxygen atoms in total. The number of nitrogens with one attached hydrogen (secondary N) is 1. The standard InChI is InChI=1S/C14H12BrNOS/c15-13-8-7-12(18-13)10-16-14(17)9-6-11-4-2-1-3-5-11/h1-9H,10H2,(H,16,17)/b9-6+. The Hall–Kier alpha value is -1.39. The van der Waals surface area contributed by atoms with Crippen LogP contribution in [0.3, 0.4) is 0 Å². The van der Waals surface area contributed by atoms with Gasteiger partial charge in [-0.05, 0) is 39.7 Å². The van der Waals surface area contributed by atoms with Gasteiger partial charge in [-0.1, -0.05) is 30.3 Å². The molecule has 1 amide bonds. The maximum Gasteiger partial charge on any atom is 0.244 e. The minimum Gasteiger partial charge on any atom is -0.348 e. The first kappa shape index (κ1) is 13.1. The molecule has 0 atom stereocenters. The largest absolute Gasteiger partial charge is 0.348 e. The van der Waals surface area contributed by atoms with E-state index in [4.69, 9.17) is 0 Å². The van der Waals surface area contributed by atoms with E-state index in [-0.39, 0.29) is 5.91 Å². The van der Waals surface area contributed by atoms with E-state index in [0.717, 1.165) is 14.2 Å². The molecule has 1 aromatic carbocycles. The molecule has 2 aromatic rings. The molecule has 0 bridgehead atoms. The Labute approximate surface area is 118 Å². The molecule has 0 aliphatic heterocycles. The average Bonchev–Trinajstić information content (AvgIpc) is 2.81. The molecule has 1 heterocycles. The molecule has 0 saturated heterocycles. The monoisotopic (exact) mass is 321 g/mol. The Morgan fingerprint density at radius 2 is 2.00 bits per heavy atom. The second-order valence-corrected chi connectivity index (χ2v) is 6.22. The van der Waals surface area contributed by atoms with Crippen LogP contribution < -0.4 is 5.32 Å². The third-order valence-corrected chi connectivity index (χ3v) is 3.92. The van der Waals surface area contributed by atoms with E-state index < -0.39 is 0 Å². The quantitative estimate of drug-likeness (QED) is 0.852. The third kappa shape index (κ3) is 4.13. The highest BCUT2D eigenvalue weighted by molar-refractivity contribution is 9.11. The minimum absolute atomic E-state index is 0.0802. The Morgan fingerprint density at radius 3 is 2.67 bits per heavy atom. The minimum atomic E-state index is -0.0802. The van der Waals surface area contributed by atoms with E-state index in [1.807, 2.05) is 42.5 Å². The zero-order valence-electron chi connectivity index (χ0n) is 9.60. The summed E-state index contributed by atoms with van der Waals surface area (Å²) in [5, 5.41) is 2.85. The summed E-state index contributed by atoms with van der Waals surface area (Å²) in [6.45, 7) is 0.564. The van der Waals surface area contributed by atoms with Gasteiger partial charge in [-0.3, -0.25) is 4.79 Å². The van der Waals surface area contributed by atoms with Gasteiger partial charge in [-0.15, -0.1) is 11.3 Å². The number of rotatable bonds is 4. The number of carbonyl (C=O) groups excluding carboxylic acids is 1. The fourth-order valence-corrected chi connectivity index (χ4v) is 2.84. The van der Waals surface area contributed by atoms with Crippen molar-refractivity contribution >= 4 is 39.2 Å².